The van der Waals surface area contributed by atoms with Crippen molar-refractivity contribution in [3.8, 4) is 22.6 Å². The fourth-order valence-electron chi connectivity index (χ4n) is 4.10. The average Bonchev–Trinajstić information content (AvgIpc) is 3.36. The molecule has 0 saturated carbocycles. The van der Waals surface area contributed by atoms with E-state index in [1.54, 1.807) is 6.20 Å². The molecule has 0 aliphatic carbocycles. The molecule has 5 rings (SSSR count). The van der Waals surface area contributed by atoms with Gasteiger partial charge in [0.25, 0.3) is 0 Å². The molecule has 1 aromatic carbocycles. The maximum atomic E-state index is 5.64. The van der Waals surface area contributed by atoms with Gasteiger partial charge in [-0.25, -0.2) is 9.50 Å². The maximum absolute atomic E-state index is 5.64. The first-order chi connectivity index (χ1) is 14.1. The maximum Gasteiger partial charge on any atom is 0.179 e. The van der Waals surface area contributed by atoms with Crippen LogP contribution in [-0.2, 0) is 4.74 Å². The molecule has 7 heteroatoms. The monoisotopic (exact) mass is 388 g/mol. The topological polar surface area (TPSA) is 71.3 Å². The number of aromatic nitrogens is 5. The van der Waals surface area contributed by atoms with E-state index >= 15 is 0 Å². The Morgan fingerprint density at radius 3 is 2.76 bits per heavy atom. The zero-order chi connectivity index (χ0) is 20.0. The molecule has 0 amide bonds. The van der Waals surface area contributed by atoms with Crippen molar-refractivity contribution in [1.29, 1.82) is 0 Å². The largest absolute Gasteiger partial charge is 0.377 e. The van der Waals surface area contributed by atoms with Crippen molar-refractivity contribution in [3.63, 3.8) is 0 Å². The Hall–Kier alpha value is -3.19. The number of fused-ring (bicyclic) bond motifs is 1. The Bertz CT molecular complexity index is 1160. The van der Waals surface area contributed by atoms with E-state index in [2.05, 4.69) is 59.3 Å². The first kappa shape index (κ1) is 17.9. The number of morpholine rings is 1. The molecule has 0 spiro atoms. The van der Waals surface area contributed by atoms with Crippen LogP contribution in [0.2, 0.25) is 0 Å². The third kappa shape index (κ3) is 2.98. The van der Waals surface area contributed by atoms with Gasteiger partial charge >= 0.3 is 0 Å². The van der Waals surface area contributed by atoms with E-state index in [9.17, 15) is 0 Å². The molecule has 4 aromatic rings. The van der Waals surface area contributed by atoms with E-state index in [4.69, 9.17) is 14.8 Å². The number of rotatable bonds is 3. The van der Waals surface area contributed by atoms with Gasteiger partial charge in [-0.1, -0.05) is 24.3 Å². The molecule has 1 atom stereocenters. The highest BCUT2D eigenvalue weighted by Gasteiger charge is 2.24. The highest BCUT2D eigenvalue weighted by atomic mass is 16.5. The minimum Gasteiger partial charge on any atom is -0.377 e. The Labute approximate surface area is 169 Å². The molecular formula is C22H24N6O. The van der Waals surface area contributed by atoms with E-state index in [-0.39, 0.29) is 6.04 Å². The lowest BCUT2D eigenvalue weighted by Gasteiger charge is -2.34. The SMILES string of the molecule is Cc1ccccc1-c1cc(N2CCOC[C@H]2C)nn2c(-c3ccn[nH]3)nc(C)c12. The summed E-state index contributed by atoms with van der Waals surface area (Å²) in [7, 11) is 0. The Morgan fingerprint density at radius 2 is 2.00 bits per heavy atom. The van der Waals surface area contributed by atoms with Gasteiger partial charge in [0.2, 0.25) is 0 Å². The van der Waals surface area contributed by atoms with Crippen LogP contribution in [0.4, 0.5) is 5.82 Å². The molecule has 1 N–H and O–H groups in total. The van der Waals surface area contributed by atoms with Crippen LogP contribution in [0.1, 0.15) is 18.2 Å². The summed E-state index contributed by atoms with van der Waals surface area (Å²) in [5.41, 5.74) is 6.38. The second-order valence-electron chi connectivity index (χ2n) is 7.60. The van der Waals surface area contributed by atoms with Crippen LogP contribution < -0.4 is 4.90 Å². The van der Waals surface area contributed by atoms with Crippen molar-refractivity contribution >= 4 is 11.3 Å². The predicted molar refractivity (Wildman–Crippen MR) is 113 cm³/mol. The van der Waals surface area contributed by atoms with Crippen molar-refractivity contribution in [2.75, 3.05) is 24.7 Å². The smallest absolute Gasteiger partial charge is 0.179 e. The Balaban J connectivity index is 1.81. The van der Waals surface area contributed by atoms with Gasteiger partial charge in [0.1, 0.15) is 5.69 Å². The molecule has 7 nitrogen and oxygen atoms in total. The van der Waals surface area contributed by atoms with Crippen LogP contribution in [-0.4, -0.2) is 50.6 Å². The van der Waals surface area contributed by atoms with Crippen LogP contribution >= 0.6 is 0 Å². The Morgan fingerprint density at radius 1 is 1.14 bits per heavy atom. The normalized spacial score (nSPS) is 17.2. The molecular weight excluding hydrogens is 364 g/mol. The van der Waals surface area contributed by atoms with Gasteiger partial charge < -0.3 is 9.64 Å². The molecule has 1 saturated heterocycles. The number of aryl methyl sites for hydroxylation is 2. The fourth-order valence-corrected chi connectivity index (χ4v) is 4.10. The predicted octanol–water partition coefficient (Wildman–Crippen LogP) is 3.63. The summed E-state index contributed by atoms with van der Waals surface area (Å²) in [6.45, 7) is 8.59. The number of nitrogens with one attached hydrogen (secondary N) is 1. The van der Waals surface area contributed by atoms with E-state index in [0.29, 0.717) is 13.2 Å². The van der Waals surface area contributed by atoms with Gasteiger partial charge in [0.15, 0.2) is 11.6 Å². The van der Waals surface area contributed by atoms with Gasteiger partial charge in [0.05, 0.1) is 30.5 Å². The molecule has 148 valence electrons. The number of anilines is 1. The molecule has 1 aliphatic heterocycles. The first-order valence-corrected chi connectivity index (χ1v) is 9.94. The number of nitrogens with zero attached hydrogens (tertiary/aromatic N) is 5. The molecule has 4 heterocycles. The summed E-state index contributed by atoms with van der Waals surface area (Å²) in [5, 5.41) is 12.1. The van der Waals surface area contributed by atoms with Crippen molar-refractivity contribution in [2.45, 2.75) is 26.8 Å². The highest BCUT2D eigenvalue weighted by molar-refractivity contribution is 5.86. The quantitative estimate of drug-likeness (QED) is 0.580. The summed E-state index contributed by atoms with van der Waals surface area (Å²) in [6, 6.07) is 12.8. The van der Waals surface area contributed by atoms with E-state index in [1.807, 2.05) is 17.5 Å². The number of ether oxygens (including phenoxy) is 1. The van der Waals surface area contributed by atoms with Gasteiger partial charge in [-0.3, -0.25) is 5.10 Å². The summed E-state index contributed by atoms with van der Waals surface area (Å²) < 4.78 is 7.60. The highest BCUT2D eigenvalue weighted by Crippen LogP contribution is 2.34. The van der Waals surface area contributed by atoms with Crippen LogP contribution in [0, 0.1) is 13.8 Å². The lowest BCUT2D eigenvalue weighted by molar-refractivity contribution is 0.0984. The zero-order valence-electron chi connectivity index (χ0n) is 16.9. The summed E-state index contributed by atoms with van der Waals surface area (Å²) in [6.07, 6.45) is 1.74. The molecule has 0 unspecified atom stereocenters. The molecule has 3 aromatic heterocycles. The van der Waals surface area contributed by atoms with E-state index in [1.165, 1.54) is 11.1 Å². The number of imidazole rings is 1. The standard InChI is InChI=1S/C22H24N6O/c1-14-6-4-5-7-17(14)18-12-20(27-10-11-29-13-15(27)2)26-28-21(18)16(3)24-22(28)19-8-9-23-25-19/h4-9,12,15H,10-11,13H2,1-3H3,(H,23,25)/t15-/m1/s1. The van der Waals surface area contributed by atoms with Crippen molar-refractivity contribution in [2.24, 2.45) is 0 Å². The number of benzene rings is 1. The third-order valence-electron chi connectivity index (χ3n) is 5.60. The number of aromatic amines is 1. The van der Waals surface area contributed by atoms with Crippen molar-refractivity contribution in [3.05, 3.63) is 53.9 Å². The number of H-pyrrole nitrogens is 1. The second kappa shape index (κ2) is 7.00. The lowest BCUT2D eigenvalue weighted by Crippen LogP contribution is -2.44. The van der Waals surface area contributed by atoms with Crippen LogP contribution in [0.25, 0.3) is 28.2 Å². The fraction of sp³-hybridized carbons (Fsp3) is 0.318. The molecule has 1 aliphatic rings. The Kier molecular flexibility index (Phi) is 4.32. The summed E-state index contributed by atoms with van der Waals surface area (Å²) >= 11 is 0. The lowest BCUT2D eigenvalue weighted by atomic mass is 10.00. The average molecular weight is 388 g/mol. The first-order valence-electron chi connectivity index (χ1n) is 9.94. The van der Waals surface area contributed by atoms with Crippen LogP contribution in [0.3, 0.4) is 0 Å². The van der Waals surface area contributed by atoms with Gasteiger partial charge in [-0.2, -0.15) is 5.10 Å². The summed E-state index contributed by atoms with van der Waals surface area (Å²) in [4.78, 5) is 7.16. The minimum atomic E-state index is 0.263. The zero-order valence-corrected chi connectivity index (χ0v) is 16.9. The summed E-state index contributed by atoms with van der Waals surface area (Å²) in [5.74, 6) is 1.71. The molecule has 29 heavy (non-hydrogen) atoms. The minimum absolute atomic E-state index is 0.263. The second-order valence-corrected chi connectivity index (χ2v) is 7.60. The number of hydrogen-bond acceptors (Lipinski definition) is 5. The van der Waals surface area contributed by atoms with Gasteiger partial charge in [-0.15, -0.1) is 5.10 Å². The molecule has 0 radical (unpaired) electrons. The van der Waals surface area contributed by atoms with Crippen LogP contribution in [0.5, 0.6) is 0 Å². The molecule has 1 fully saturated rings. The van der Waals surface area contributed by atoms with Crippen molar-refractivity contribution < 1.29 is 4.74 Å². The van der Waals surface area contributed by atoms with Crippen LogP contribution in [0.15, 0.2) is 42.6 Å². The molecule has 0 bridgehead atoms. The van der Waals surface area contributed by atoms with Crippen molar-refractivity contribution in [1.82, 2.24) is 24.8 Å². The van der Waals surface area contributed by atoms with Gasteiger partial charge in [0, 0.05) is 18.3 Å². The van der Waals surface area contributed by atoms with E-state index < -0.39 is 0 Å². The third-order valence-corrected chi connectivity index (χ3v) is 5.60. The van der Waals surface area contributed by atoms with Gasteiger partial charge in [-0.05, 0) is 44.0 Å². The van der Waals surface area contributed by atoms with E-state index in [0.717, 1.165) is 40.7 Å². The number of hydrogen-bond donors (Lipinski definition) is 1.